The fraction of sp³-hybridized carbons (Fsp3) is 0.273. The SMILES string of the molecule is NCC(=O)c1c(Cl)cc(C=O)c2c1OCCO2. The number of carbonyl (C=O) groups excluding carboxylic acids is 2. The van der Waals surface area contributed by atoms with E-state index < -0.39 is 0 Å². The van der Waals surface area contributed by atoms with Crippen LogP contribution in [-0.4, -0.2) is 31.8 Å². The summed E-state index contributed by atoms with van der Waals surface area (Å²) < 4.78 is 10.7. The Balaban J connectivity index is 2.67. The highest BCUT2D eigenvalue weighted by molar-refractivity contribution is 6.35. The molecule has 0 spiro atoms. The number of halogens is 1. The van der Waals surface area contributed by atoms with Crippen LogP contribution in [0.1, 0.15) is 20.7 Å². The second-order valence-electron chi connectivity index (χ2n) is 3.42. The molecule has 0 atom stereocenters. The Hall–Kier alpha value is -1.59. The van der Waals surface area contributed by atoms with Crippen LogP contribution in [-0.2, 0) is 0 Å². The number of benzene rings is 1. The van der Waals surface area contributed by atoms with E-state index in [9.17, 15) is 9.59 Å². The van der Waals surface area contributed by atoms with E-state index in [0.717, 1.165) is 0 Å². The van der Waals surface area contributed by atoms with Crippen molar-refractivity contribution < 1.29 is 19.1 Å². The van der Waals surface area contributed by atoms with Crippen molar-refractivity contribution in [1.82, 2.24) is 0 Å². The number of rotatable bonds is 3. The molecule has 0 saturated carbocycles. The number of carbonyl (C=O) groups is 2. The Morgan fingerprint density at radius 1 is 1.41 bits per heavy atom. The van der Waals surface area contributed by atoms with Crippen LogP contribution in [0.5, 0.6) is 11.5 Å². The van der Waals surface area contributed by atoms with Gasteiger partial charge in [-0.3, -0.25) is 9.59 Å². The van der Waals surface area contributed by atoms with Gasteiger partial charge >= 0.3 is 0 Å². The van der Waals surface area contributed by atoms with Gasteiger partial charge in [-0.05, 0) is 6.07 Å². The van der Waals surface area contributed by atoms with Crippen LogP contribution < -0.4 is 15.2 Å². The molecule has 0 amide bonds. The van der Waals surface area contributed by atoms with Crippen LogP contribution in [0.4, 0.5) is 0 Å². The molecule has 0 unspecified atom stereocenters. The van der Waals surface area contributed by atoms with Crippen molar-refractivity contribution in [3.8, 4) is 11.5 Å². The molecule has 0 aromatic heterocycles. The maximum Gasteiger partial charge on any atom is 0.181 e. The summed E-state index contributed by atoms with van der Waals surface area (Å²) in [6.07, 6.45) is 0.607. The summed E-state index contributed by atoms with van der Waals surface area (Å²) in [5, 5.41) is 0.145. The molecule has 0 fully saturated rings. The van der Waals surface area contributed by atoms with Crippen molar-refractivity contribution in [1.29, 1.82) is 0 Å². The van der Waals surface area contributed by atoms with E-state index in [1.54, 1.807) is 0 Å². The lowest BCUT2D eigenvalue weighted by molar-refractivity contribution is 0.0987. The number of fused-ring (bicyclic) bond motifs is 1. The van der Waals surface area contributed by atoms with Crippen LogP contribution in [0, 0.1) is 0 Å². The van der Waals surface area contributed by atoms with Crippen LogP contribution in [0.25, 0.3) is 0 Å². The third-order valence-corrected chi connectivity index (χ3v) is 2.68. The fourth-order valence-corrected chi connectivity index (χ4v) is 1.96. The van der Waals surface area contributed by atoms with E-state index >= 15 is 0 Å². The minimum atomic E-state index is -0.353. The van der Waals surface area contributed by atoms with Crippen molar-refractivity contribution >= 4 is 23.7 Å². The molecular formula is C11H10ClNO4. The Morgan fingerprint density at radius 2 is 2.06 bits per heavy atom. The minimum Gasteiger partial charge on any atom is -0.485 e. The Morgan fingerprint density at radius 3 is 2.65 bits per heavy atom. The second-order valence-corrected chi connectivity index (χ2v) is 3.83. The Bertz CT molecular complexity index is 487. The molecule has 5 nitrogen and oxygen atoms in total. The van der Waals surface area contributed by atoms with Crippen LogP contribution in [0.3, 0.4) is 0 Å². The van der Waals surface area contributed by atoms with Crippen LogP contribution in [0.15, 0.2) is 6.07 Å². The van der Waals surface area contributed by atoms with E-state index in [0.29, 0.717) is 19.5 Å². The predicted molar refractivity (Wildman–Crippen MR) is 61.2 cm³/mol. The minimum absolute atomic E-state index is 0.145. The number of nitrogens with two attached hydrogens (primary N) is 1. The molecule has 1 heterocycles. The zero-order chi connectivity index (χ0) is 12.4. The monoisotopic (exact) mass is 255 g/mol. The molecule has 1 aliphatic heterocycles. The summed E-state index contributed by atoms with van der Waals surface area (Å²) >= 11 is 5.95. The first kappa shape index (κ1) is 11.9. The summed E-state index contributed by atoms with van der Waals surface area (Å²) in [6.45, 7) is 0.443. The third kappa shape index (κ3) is 1.99. The largest absolute Gasteiger partial charge is 0.485 e. The quantitative estimate of drug-likeness (QED) is 0.646. The number of hydrogen-bond donors (Lipinski definition) is 1. The lowest BCUT2D eigenvalue weighted by atomic mass is 10.0. The van der Waals surface area contributed by atoms with Gasteiger partial charge in [0.25, 0.3) is 0 Å². The normalized spacial score (nSPS) is 13.3. The van der Waals surface area contributed by atoms with Gasteiger partial charge in [0.1, 0.15) is 13.2 Å². The molecule has 0 radical (unpaired) electrons. The van der Waals surface area contributed by atoms with Gasteiger partial charge in [-0.1, -0.05) is 11.6 Å². The summed E-state index contributed by atoms with van der Waals surface area (Å²) in [7, 11) is 0. The molecule has 6 heteroatoms. The molecule has 1 aromatic rings. The highest BCUT2D eigenvalue weighted by atomic mass is 35.5. The summed E-state index contributed by atoms with van der Waals surface area (Å²) in [5.74, 6) is 0.114. The van der Waals surface area contributed by atoms with Gasteiger partial charge < -0.3 is 15.2 Å². The highest BCUT2D eigenvalue weighted by Crippen LogP contribution is 2.40. The van der Waals surface area contributed by atoms with Crippen molar-refractivity contribution in [3.63, 3.8) is 0 Å². The van der Waals surface area contributed by atoms with Gasteiger partial charge in [-0.15, -0.1) is 0 Å². The number of ketones is 1. The van der Waals surface area contributed by atoms with E-state index in [4.69, 9.17) is 26.8 Å². The van der Waals surface area contributed by atoms with Crippen LogP contribution >= 0.6 is 11.6 Å². The lowest BCUT2D eigenvalue weighted by Crippen LogP contribution is -2.22. The summed E-state index contributed by atoms with van der Waals surface area (Å²) in [5.41, 5.74) is 5.74. The molecule has 1 aliphatic rings. The third-order valence-electron chi connectivity index (χ3n) is 2.38. The molecule has 0 aliphatic carbocycles. The van der Waals surface area contributed by atoms with Gasteiger partial charge in [0, 0.05) is 0 Å². The highest BCUT2D eigenvalue weighted by Gasteiger charge is 2.26. The predicted octanol–water partition coefficient (Wildman–Crippen LogP) is 1.07. The van der Waals surface area contributed by atoms with E-state index in [1.165, 1.54) is 6.07 Å². The summed E-state index contributed by atoms with van der Waals surface area (Å²) in [6, 6.07) is 1.38. The lowest BCUT2D eigenvalue weighted by Gasteiger charge is -2.22. The molecule has 90 valence electrons. The summed E-state index contributed by atoms with van der Waals surface area (Å²) in [4.78, 5) is 22.6. The maximum atomic E-state index is 11.7. The average molecular weight is 256 g/mol. The average Bonchev–Trinajstić information content (AvgIpc) is 2.37. The molecule has 0 bridgehead atoms. The molecule has 17 heavy (non-hydrogen) atoms. The smallest absolute Gasteiger partial charge is 0.181 e. The molecule has 1 aromatic carbocycles. The first-order valence-electron chi connectivity index (χ1n) is 4.99. The fourth-order valence-electron chi connectivity index (χ4n) is 1.65. The number of Topliss-reactive ketones (excluding diaryl/α,β-unsaturated/α-hetero) is 1. The molecule has 0 saturated heterocycles. The maximum absolute atomic E-state index is 11.7. The van der Waals surface area contributed by atoms with Gasteiger partial charge in [-0.25, -0.2) is 0 Å². The second kappa shape index (κ2) is 4.73. The molecule has 2 N–H and O–H groups in total. The standard InChI is InChI=1S/C11H10ClNO4/c12-7-3-6(5-14)10-11(17-2-1-16-10)9(7)8(15)4-13/h3,5H,1-2,4,13H2. The number of hydrogen-bond acceptors (Lipinski definition) is 5. The zero-order valence-electron chi connectivity index (χ0n) is 8.86. The Labute approximate surface area is 102 Å². The van der Waals surface area contributed by atoms with Crippen LogP contribution in [0.2, 0.25) is 5.02 Å². The molecular weight excluding hydrogens is 246 g/mol. The van der Waals surface area contributed by atoms with Gasteiger partial charge in [0.2, 0.25) is 0 Å². The van der Waals surface area contributed by atoms with Gasteiger partial charge in [0.05, 0.1) is 22.7 Å². The van der Waals surface area contributed by atoms with E-state index in [2.05, 4.69) is 0 Å². The first-order chi connectivity index (χ1) is 8.19. The van der Waals surface area contributed by atoms with E-state index in [1.807, 2.05) is 0 Å². The van der Waals surface area contributed by atoms with Crippen molar-refractivity contribution in [3.05, 3.63) is 22.2 Å². The number of aldehydes is 1. The van der Waals surface area contributed by atoms with Crippen molar-refractivity contribution in [2.24, 2.45) is 5.73 Å². The molecule has 2 rings (SSSR count). The topological polar surface area (TPSA) is 78.6 Å². The Kier molecular flexibility index (Phi) is 3.31. The first-order valence-corrected chi connectivity index (χ1v) is 5.37. The zero-order valence-corrected chi connectivity index (χ0v) is 9.62. The number of ether oxygens (including phenoxy) is 2. The van der Waals surface area contributed by atoms with Gasteiger partial charge in [0.15, 0.2) is 23.6 Å². The van der Waals surface area contributed by atoms with Gasteiger partial charge in [-0.2, -0.15) is 0 Å². The van der Waals surface area contributed by atoms with E-state index in [-0.39, 0.29) is 40.0 Å². The van der Waals surface area contributed by atoms with Crippen molar-refractivity contribution in [2.45, 2.75) is 0 Å². The van der Waals surface area contributed by atoms with Crippen molar-refractivity contribution in [2.75, 3.05) is 19.8 Å².